The Balaban J connectivity index is 1.69. The molecule has 0 amide bonds. The number of ether oxygens (including phenoxy) is 2. The fraction of sp³-hybridized carbons (Fsp3) is 0.200. The van der Waals surface area contributed by atoms with Crippen LogP contribution in [-0.2, 0) is 9.47 Å². The summed E-state index contributed by atoms with van der Waals surface area (Å²) in [7, 11) is -2.61. The summed E-state index contributed by atoms with van der Waals surface area (Å²) in [6.45, 7) is 5.71. The van der Waals surface area contributed by atoms with Crippen LogP contribution in [0.25, 0.3) is 0 Å². The smallest absolute Gasteiger partial charge is 0.183 e. The van der Waals surface area contributed by atoms with Gasteiger partial charge in [-0.05, 0) is 57.1 Å². The summed E-state index contributed by atoms with van der Waals surface area (Å²) in [5.41, 5.74) is 1.10. The highest BCUT2D eigenvalue weighted by Gasteiger charge is 2.41. The Bertz CT molecular complexity index is 1200. The van der Waals surface area contributed by atoms with Crippen LogP contribution in [-0.4, -0.2) is 21.3 Å². The first-order valence-electron chi connectivity index (χ1n) is 11.9. The van der Waals surface area contributed by atoms with Gasteiger partial charge in [0.05, 0.1) is 13.2 Å². The normalized spacial score (nSPS) is 16.1. The summed E-state index contributed by atoms with van der Waals surface area (Å²) in [6, 6.07) is 35.4. The van der Waals surface area contributed by atoms with E-state index in [1.807, 2.05) is 0 Å². The van der Waals surface area contributed by atoms with Crippen molar-refractivity contribution in [3.05, 3.63) is 116 Å². The lowest BCUT2D eigenvalue weighted by atomic mass is 9.95. The van der Waals surface area contributed by atoms with Crippen molar-refractivity contribution in [3.8, 4) is 0 Å². The van der Waals surface area contributed by atoms with E-state index in [0.29, 0.717) is 13.2 Å². The molecule has 4 aromatic rings. The van der Waals surface area contributed by atoms with Gasteiger partial charge in [0.25, 0.3) is 0 Å². The fourth-order valence-corrected chi connectivity index (χ4v) is 10.3. The molecule has 1 fully saturated rings. The van der Waals surface area contributed by atoms with Crippen LogP contribution >= 0.6 is 47.8 Å². The molecular formula is C30H27Br3O2Si. The van der Waals surface area contributed by atoms with Crippen molar-refractivity contribution >= 4 is 76.6 Å². The van der Waals surface area contributed by atoms with Crippen LogP contribution in [0, 0.1) is 5.41 Å². The maximum atomic E-state index is 6.07. The SMILES string of the molecule is CC1(C)COC(c2ccc([Si](c3ccc(Br)cc3)(c3ccc(Br)cc3)c3ccc(Br)cc3)cc2)OC1. The summed E-state index contributed by atoms with van der Waals surface area (Å²) in [6.07, 6.45) is -0.323. The van der Waals surface area contributed by atoms with Crippen LogP contribution in [0.3, 0.4) is 0 Å². The van der Waals surface area contributed by atoms with Gasteiger partial charge in [0.2, 0.25) is 0 Å². The Morgan fingerprint density at radius 2 is 0.861 bits per heavy atom. The first-order chi connectivity index (χ1) is 17.3. The van der Waals surface area contributed by atoms with Crippen LogP contribution in [0.5, 0.6) is 0 Å². The molecule has 1 aliphatic rings. The summed E-state index contributed by atoms with van der Waals surface area (Å²) in [4.78, 5) is 0. The van der Waals surface area contributed by atoms with Gasteiger partial charge in [-0.1, -0.05) is 122 Å². The van der Waals surface area contributed by atoms with Crippen LogP contribution in [0.15, 0.2) is 110 Å². The minimum absolute atomic E-state index is 0.0449. The lowest BCUT2D eigenvalue weighted by Gasteiger charge is -2.36. The number of halogens is 3. The molecule has 184 valence electrons. The van der Waals surface area contributed by atoms with E-state index in [-0.39, 0.29) is 11.7 Å². The van der Waals surface area contributed by atoms with Crippen molar-refractivity contribution in [2.75, 3.05) is 13.2 Å². The average molecular weight is 687 g/mol. The van der Waals surface area contributed by atoms with Crippen molar-refractivity contribution in [2.24, 2.45) is 5.41 Å². The molecule has 0 atom stereocenters. The third-order valence-electron chi connectivity index (χ3n) is 6.70. The molecule has 0 spiro atoms. The monoisotopic (exact) mass is 684 g/mol. The maximum Gasteiger partial charge on any atom is 0.183 e. The Kier molecular flexibility index (Phi) is 7.73. The molecule has 4 aromatic carbocycles. The Morgan fingerprint density at radius 3 is 1.19 bits per heavy atom. The highest BCUT2D eigenvalue weighted by Crippen LogP contribution is 2.31. The molecule has 0 N–H and O–H groups in total. The van der Waals surface area contributed by atoms with Gasteiger partial charge in [-0.2, -0.15) is 0 Å². The molecule has 0 saturated carbocycles. The van der Waals surface area contributed by atoms with E-state index in [0.717, 1.165) is 19.0 Å². The molecule has 6 heteroatoms. The number of benzene rings is 4. The van der Waals surface area contributed by atoms with E-state index in [1.165, 1.54) is 20.7 Å². The number of hydrogen-bond acceptors (Lipinski definition) is 2. The second-order valence-corrected chi connectivity index (χ2v) is 16.6. The minimum atomic E-state index is -2.61. The molecule has 0 unspecified atom stereocenters. The van der Waals surface area contributed by atoms with E-state index in [1.54, 1.807) is 0 Å². The van der Waals surface area contributed by atoms with Gasteiger partial charge < -0.3 is 9.47 Å². The number of hydrogen-bond donors (Lipinski definition) is 0. The van der Waals surface area contributed by atoms with E-state index >= 15 is 0 Å². The fourth-order valence-electron chi connectivity index (χ4n) is 4.87. The first kappa shape index (κ1) is 26.1. The average Bonchev–Trinajstić information content (AvgIpc) is 2.88. The summed E-state index contributed by atoms with van der Waals surface area (Å²) >= 11 is 10.9. The quantitative estimate of drug-likeness (QED) is 0.178. The van der Waals surface area contributed by atoms with Crippen LogP contribution < -0.4 is 20.7 Å². The second kappa shape index (κ2) is 10.7. The molecule has 1 heterocycles. The molecule has 0 aliphatic carbocycles. The van der Waals surface area contributed by atoms with E-state index in [9.17, 15) is 0 Å². The zero-order valence-corrected chi connectivity index (χ0v) is 25.9. The second-order valence-electron chi connectivity index (χ2n) is 10.0. The van der Waals surface area contributed by atoms with Gasteiger partial charge in [-0.15, -0.1) is 0 Å². The molecule has 0 bridgehead atoms. The maximum absolute atomic E-state index is 6.07. The molecule has 1 saturated heterocycles. The lowest BCUT2D eigenvalue weighted by molar-refractivity contribution is -0.226. The third-order valence-corrected chi connectivity index (χ3v) is 13.1. The highest BCUT2D eigenvalue weighted by molar-refractivity contribution is 9.11. The molecular weight excluding hydrogens is 660 g/mol. The molecule has 5 rings (SSSR count). The summed E-state index contributed by atoms with van der Waals surface area (Å²) in [5, 5.41) is 5.30. The zero-order valence-electron chi connectivity index (χ0n) is 20.2. The Labute approximate surface area is 239 Å². The zero-order chi connectivity index (χ0) is 25.3. The van der Waals surface area contributed by atoms with Crippen LogP contribution in [0.4, 0.5) is 0 Å². The van der Waals surface area contributed by atoms with Crippen molar-refractivity contribution in [3.63, 3.8) is 0 Å². The topological polar surface area (TPSA) is 18.5 Å². The van der Waals surface area contributed by atoms with Gasteiger partial charge in [0, 0.05) is 24.4 Å². The van der Waals surface area contributed by atoms with Crippen LogP contribution in [0.1, 0.15) is 25.7 Å². The summed E-state index contributed by atoms with van der Waals surface area (Å²) < 4.78 is 15.4. The predicted octanol–water partition coefficient (Wildman–Crippen LogP) is 6.42. The van der Waals surface area contributed by atoms with Crippen molar-refractivity contribution in [2.45, 2.75) is 20.1 Å². The molecule has 36 heavy (non-hydrogen) atoms. The van der Waals surface area contributed by atoms with Crippen molar-refractivity contribution < 1.29 is 9.47 Å². The van der Waals surface area contributed by atoms with Crippen molar-refractivity contribution in [1.82, 2.24) is 0 Å². The summed E-state index contributed by atoms with van der Waals surface area (Å²) in [5.74, 6) is 0. The highest BCUT2D eigenvalue weighted by atomic mass is 79.9. The molecule has 2 nitrogen and oxygen atoms in total. The Morgan fingerprint density at radius 1 is 0.556 bits per heavy atom. The molecule has 0 aromatic heterocycles. The minimum Gasteiger partial charge on any atom is -0.348 e. The molecule has 0 radical (unpaired) electrons. The molecule has 1 aliphatic heterocycles. The van der Waals surface area contributed by atoms with Crippen LogP contribution in [0.2, 0.25) is 0 Å². The first-order valence-corrected chi connectivity index (χ1v) is 16.3. The number of rotatable bonds is 5. The lowest BCUT2D eigenvalue weighted by Crippen LogP contribution is -2.74. The van der Waals surface area contributed by atoms with E-state index in [2.05, 4.69) is 159 Å². The van der Waals surface area contributed by atoms with Gasteiger partial charge >= 0.3 is 0 Å². The van der Waals surface area contributed by atoms with Gasteiger partial charge in [0.1, 0.15) is 0 Å². The third kappa shape index (κ3) is 5.22. The van der Waals surface area contributed by atoms with Crippen molar-refractivity contribution in [1.29, 1.82) is 0 Å². The van der Waals surface area contributed by atoms with Gasteiger partial charge in [0.15, 0.2) is 14.4 Å². The Hall–Kier alpha value is -1.54. The van der Waals surface area contributed by atoms with E-state index in [4.69, 9.17) is 9.47 Å². The predicted molar refractivity (Wildman–Crippen MR) is 162 cm³/mol. The largest absolute Gasteiger partial charge is 0.348 e. The standard InChI is InChI=1S/C30H27Br3O2Si/c1-30(2)19-34-29(35-20-30)21-3-11-25(12-4-21)36(26-13-5-22(31)6-14-26,27-15-7-23(32)8-16-27)28-17-9-24(33)10-18-28/h3-18,29H,19-20H2,1-2H3. The van der Waals surface area contributed by atoms with Gasteiger partial charge in [-0.25, -0.2) is 0 Å². The van der Waals surface area contributed by atoms with E-state index < -0.39 is 8.07 Å². The van der Waals surface area contributed by atoms with Gasteiger partial charge in [-0.3, -0.25) is 0 Å².